The van der Waals surface area contributed by atoms with Crippen LogP contribution in [0.2, 0.25) is 0 Å². The smallest absolute Gasteiger partial charge is 0.104 e. The van der Waals surface area contributed by atoms with Crippen molar-refractivity contribution in [1.29, 1.82) is 0 Å². The van der Waals surface area contributed by atoms with Gasteiger partial charge in [0.2, 0.25) is 0 Å². The van der Waals surface area contributed by atoms with Gasteiger partial charge in [-0.3, -0.25) is 4.90 Å². The van der Waals surface area contributed by atoms with Gasteiger partial charge in [0.1, 0.15) is 5.60 Å². The minimum Gasteiger partial charge on any atom is -0.384 e. The Morgan fingerprint density at radius 3 is 2.75 bits per heavy atom. The number of likely N-dealkylation sites (tertiary alicyclic amines) is 1. The maximum Gasteiger partial charge on any atom is 0.104 e. The van der Waals surface area contributed by atoms with E-state index >= 15 is 0 Å². The van der Waals surface area contributed by atoms with Crippen LogP contribution in [0, 0.1) is 6.92 Å². The number of benzene rings is 1. The van der Waals surface area contributed by atoms with Crippen LogP contribution in [0.4, 0.5) is 0 Å². The molecule has 1 heterocycles. The van der Waals surface area contributed by atoms with Crippen LogP contribution in [0.1, 0.15) is 30.4 Å². The molecular formula is C14H19NO. The first kappa shape index (κ1) is 10.3. The zero-order chi connectivity index (χ0) is 11.2. The molecule has 1 aliphatic heterocycles. The molecule has 1 atom stereocenters. The molecule has 1 aromatic carbocycles. The Morgan fingerprint density at radius 1 is 1.31 bits per heavy atom. The van der Waals surface area contributed by atoms with Gasteiger partial charge in [-0.05, 0) is 37.3 Å². The first-order valence-corrected chi connectivity index (χ1v) is 6.22. The Bertz CT molecular complexity index is 399. The van der Waals surface area contributed by atoms with Crippen molar-refractivity contribution in [3.8, 4) is 0 Å². The van der Waals surface area contributed by atoms with Crippen LogP contribution in [0.15, 0.2) is 24.3 Å². The van der Waals surface area contributed by atoms with Crippen LogP contribution < -0.4 is 0 Å². The monoisotopic (exact) mass is 217 g/mol. The number of aliphatic hydroxyl groups is 1. The summed E-state index contributed by atoms with van der Waals surface area (Å²) in [7, 11) is 0. The summed E-state index contributed by atoms with van der Waals surface area (Å²) in [5, 5.41) is 10.7. The van der Waals surface area contributed by atoms with Gasteiger partial charge in [-0.2, -0.15) is 0 Å². The lowest BCUT2D eigenvalue weighted by Crippen LogP contribution is -2.32. The lowest BCUT2D eigenvalue weighted by Gasteiger charge is -2.25. The zero-order valence-corrected chi connectivity index (χ0v) is 9.82. The maximum absolute atomic E-state index is 10.7. The SMILES string of the molecule is Cc1ccccc1C1(O)CCN(C2CC2)C1. The molecule has 1 saturated heterocycles. The molecule has 86 valence electrons. The number of rotatable bonds is 2. The van der Waals surface area contributed by atoms with Crippen LogP contribution in [0.25, 0.3) is 0 Å². The van der Waals surface area contributed by atoms with E-state index in [0.29, 0.717) is 0 Å². The van der Waals surface area contributed by atoms with E-state index in [1.165, 1.54) is 18.4 Å². The Kier molecular flexibility index (Phi) is 2.30. The third kappa shape index (κ3) is 1.66. The summed E-state index contributed by atoms with van der Waals surface area (Å²) in [4.78, 5) is 2.45. The number of hydrogen-bond donors (Lipinski definition) is 1. The number of aryl methyl sites for hydroxylation is 1. The van der Waals surface area contributed by atoms with E-state index < -0.39 is 5.60 Å². The van der Waals surface area contributed by atoms with E-state index in [0.717, 1.165) is 31.1 Å². The largest absolute Gasteiger partial charge is 0.384 e. The second kappa shape index (κ2) is 3.57. The highest BCUT2D eigenvalue weighted by Crippen LogP contribution is 2.39. The molecule has 2 heteroatoms. The van der Waals surface area contributed by atoms with E-state index in [1.54, 1.807) is 0 Å². The highest BCUT2D eigenvalue weighted by atomic mass is 16.3. The van der Waals surface area contributed by atoms with Crippen molar-refractivity contribution in [2.75, 3.05) is 13.1 Å². The van der Waals surface area contributed by atoms with E-state index in [2.05, 4.69) is 24.0 Å². The molecule has 0 bridgehead atoms. The fourth-order valence-corrected chi connectivity index (χ4v) is 2.89. The molecule has 2 aliphatic rings. The van der Waals surface area contributed by atoms with Crippen molar-refractivity contribution in [1.82, 2.24) is 4.90 Å². The average Bonchev–Trinajstić information content (AvgIpc) is 3.04. The first-order chi connectivity index (χ1) is 7.69. The minimum absolute atomic E-state index is 0.603. The predicted molar refractivity (Wildman–Crippen MR) is 64.3 cm³/mol. The Labute approximate surface area is 96.9 Å². The molecule has 16 heavy (non-hydrogen) atoms. The molecule has 2 nitrogen and oxygen atoms in total. The van der Waals surface area contributed by atoms with Gasteiger partial charge in [0.15, 0.2) is 0 Å². The third-order valence-electron chi connectivity index (χ3n) is 3.99. The van der Waals surface area contributed by atoms with Crippen molar-refractivity contribution in [3.63, 3.8) is 0 Å². The van der Waals surface area contributed by atoms with Crippen LogP contribution in [-0.4, -0.2) is 29.1 Å². The molecule has 2 fully saturated rings. The van der Waals surface area contributed by atoms with Crippen LogP contribution in [0.5, 0.6) is 0 Å². The molecule has 1 saturated carbocycles. The quantitative estimate of drug-likeness (QED) is 0.819. The van der Waals surface area contributed by atoms with Gasteiger partial charge in [0, 0.05) is 19.1 Å². The summed E-state index contributed by atoms with van der Waals surface area (Å²) in [6, 6.07) is 8.99. The summed E-state index contributed by atoms with van der Waals surface area (Å²) in [6.45, 7) is 3.96. The summed E-state index contributed by atoms with van der Waals surface area (Å²) in [5.74, 6) is 0. The van der Waals surface area contributed by atoms with Crippen molar-refractivity contribution in [2.45, 2.75) is 37.8 Å². The van der Waals surface area contributed by atoms with Crippen molar-refractivity contribution in [3.05, 3.63) is 35.4 Å². The zero-order valence-electron chi connectivity index (χ0n) is 9.82. The van der Waals surface area contributed by atoms with Gasteiger partial charge in [0.25, 0.3) is 0 Å². The summed E-state index contributed by atoms with van der Waals surface area (Å²) in [6.07, 6.45) is 3.53. The fourth-order valence-electron chi connectivity index (χ4n) is 2.89. The highest BCUT2D eigenvalue weighted by molar-refractivity contribution is 5.32. The summed E-state index contributed by atoms with van der Waals surface area (Å²) in [5.41, 5.74) is 1.73. The van der Waals surface area contributed by atoms with Crippen molar-refractivity contribution < 1.29 is 5.11 Å². The summed E-state index contributed by atoms with van der Waals surface area (Å²) < 4.78 is 0. The molecule has 0 aromatic heterocycles. The molecular weight excluding hydrogens is 198 g/mol. The standard InChI is InChI=1S/C14H19NO/c1-11-4-2-3-5-13(11)14(16)8-9-15(10-14)12-6-7-12/h2-5,12,16H,6-10H2,1H3. The molecule has 1 unspecified atom stereocenters. The Balaban J connectivity index is 1.86. The number of hydrogen-bond acceptors (Lipinski definition) is 2. The average molecular weight is 217 g/mol. The Hall–Kier alpha value is -0.860. The van der Waals surface area contributed by atoms with E-state index in [1.807, 2.05) is 12.1 Å². The van der Waals surface area contributed by atoms with Crippen molar-refractivity contribution in [2.24, 2.45) is 0 Å². The molecule has 1 aliphatic carbocycles. The van der Waals surface area contributed by atoms with Crippen LogP contribution in [-0.2, 0) is 5.60 Å². The van der Waals surface area contributed by atoms with E-state index in [9.17, 15) is 5.11 Å². The molecule has 1 aromatic rings. The molecule has 0 spiro atoms. The second-order valence-electron chi connectivity index (χ2n) is 5.30. The molecule has 0 amide bonds. The second-order valence-corrected chi connectivity index (χ2v) is 5.30. The van der Waals surface area contributed by atoms with Gasteiger partial charge in [0.05, 0.1) is 0 Å². The molecule has 3 rings (SSSR count). The minimum atomic E-state index is -0.603. The van der Waals surface area contributed by atoms with Crippen molar-refractivity contribution >= 4 is 0 Å². The lowest BCUT2D eigenvalue weighted by atomic mass is 9.89. The van der Waals surface area contributed by atoms with Gasteiger partial charge in [-0.25, -0.2) is 0 Å². The normalized spacial score (nSPS) is 30.9. The fraction of sp³-hybridized carbons (Fsp3) is 0.571. The van der Waals surface area contributed by atoms with Crippen LogP contribution >= 0.6 is 0 Å². The molecule has 1 N–H and O–H groups in total. The van der Waals surface area contributed by atoms with Gasteiger partial charge in [-0.15, -0.1) is 0 Å². The topological polar surface area (TPSA) is 23.5 Å². The number of β-amino-alcohol motifs (C(OH)–C–C–N with tert-alkyl or cyclic N) is 1. The van der Waals surface area contributed by atoms with Crippen LogP contribution in [0.3, 0.4) is 0 Å². The number of nitrogens with zero attached hydrogens (tertiary/aromatic N) is 1. The first-order valence-electron chi connectivity index (χ1n) is 6.22. The Morgan fingerprint density at radius 2 is 2.06 bits per heavy atom. The lowest BCUT2D eigenvalue weighted by molar-refractivity contribution is 0.0446. The van der Waals surface area contributed by atoms with E-state index in [4.69, 9.17) is 0 Å². The summed E-state index contributed by atoms with van der Waals surface area (Å²) >= 11 is 0. The van der Waals surface area contributed by atoms with Gasteiger partial charge < -0.3 is 5.11 Å². The van der Waals surface area contributed by atoms with E-state index in [-0.39, 0.29) is 0 Å². The highest BCUT2D eigenvalue weighted by Gasteiger charge is 2.43. The third-order valence-corrected chi connectivity index (χ3v) is 3.99. The maximum atomic E-state index is 10.7. The van der Waals surface area contributed by atoms with Gasteiger partial charge in [-0.1, -0.05) is 24.3 Å². The predicted octanol–water partition coefficient (Wildman–Crippen LogP) is 2.05. The van der Waals surface area contributed by atoms with Gasteiger partial charge >= 0.3 is 0 Å². The molecule has 0 radical (unpaired) electrons.